The molecule has 6 heteroatoms. The standard InChI is InChI=1S/C13H13N3O3/c1-18-12(17)13(7-19-8-13)11-15-6-10(16-11)9-2-4-14-5-3-9/h2-6H,7-8H2,1H3,(H,15,16). The summed E-state index contributed by atoms with van der Waals surface area (Å²) < 4.78 is 10.00. The predicted octanol–water partition coefficient (Wildman–Crippen LogP) is 0.913. The monoisotopic (exact) mass is 259 g/mol. The average molecular weight is 259 g/mol. The first kappa shape index (κ1) is 11.9. The van der Waals surface area contributed by atoms with E-state index in [0.717, 1.165) is 11.3 Å². The van der Waals surface area contributed by atoms with Crippen molar-refractivity contribution in [2.75, 3.05) is 20.3 Å². The van der Waals surface area contributed by atoms with Gasteiger partial charge in [-0.2, -0.15) is 0 Å². The second-order valence-corrected chi connectivity index (χ2v) is 4.45. The van der Waals surface area contributed by atoms with Crippen molar-refractivity contribution < 1.29 is 14.3 Å². The SMILES string of the molecule is COC(=O)C1(c2ncc(-c3ccncc3)[nH]2)COC1. The van der Waals surface area contributed by atoms with E-state index in [1.807, 2.05) is 12.1 Å². The van der Waals surface area contributed by atoms with Crippen LogP contribution in [0.4, 0.5) is 0 Å². The second-order valence-electron chi connectivity index (χ2n) is 4.45. The highest BCUT2D eigenvalue weighted by Gasteiger charge is 2.51. The molecule has 0 aliphatic carbocycles. The zero-order valence-corrected chi connectivity index (χ0v) is 10.4. The van der Waals surface area contributed by atoms with Crippen molar-refractivity contribution in [2.24, 2.45) is 0 Å². The largest absolute Gasteiger partial charge is 0.468 e. The summed E-state index contributed by atoms with van der Waals surface area (Å²) in [4.78, 5) is 23.3. The number of rotatable bonds is 3. The molecule has 2 aromatic heterocycles. The minimum atomic E-state index is -0.792. The average Bonchev–Trinajstić information content (AvgIpc) is 2.88. The summed E-state index contributed by atoms with van der Waals surface area (Å²) in [6, 6.07) is 3.75. The zero-order valence-electron chi connectivity index (χ0n) is 10.4. The van der Waals surface area contributed by atoms with Gasteiger partial charge in [-0.15, -0.1) is 0 Å². The number of aromatic amines is 1. The van der Waals surface area contributed by atoms with Gasteiger partial charge in [0, 0.05) is 18.0 Å². The molecule has 0 bridgehead atoms. The van der Waals surface area contributed by atoms with Gasteiger partial charge in [0.2, 0.25) is 0 Å². The van der Waals surface area contributed by atoms with Gasteiger partial charge in [0.1, 0.15) is 5.82 Å². The van der Waals surface area contributed by atoms with Crippen LogP contribution < -0.4 is 0 Å². The minimum absolute atomic E-state index is 0.295. The maximum Gasteiger partial charge on any atom is 0.324 e. The van der Waals surface area contributed by atoms with Gasteiger partial charge in [-0.1, -0.05) is 0 Å². The Balaban J connectivity index is 1.95. The lowest BCUT2D eigenvalue weighted by molar-refractivity contribution is -0.167. The molecular weight excluding hydrogens is 246 g/mol. The smallest absolute Gasteiger partial charge is 0.324 e. The molecule has 1 aliphatic heterocycles. The fourth-order valence-corrected chi connectivity index (χ4v) is 2.10. The normalized spacial score (nSPS) is 16.7. The molecule has 1 N–H and O–H groups in total. The van der Waals surface area contributed by atoms with Crippen LogP contribution in [0, 0.1) is 0 Å². The molecule has 0 saturated carbocycles. The summed E-state index contributed by atoms with van der Waals surface area (Å²) in [6.07, 6.45) is 5.12. The van der Waals surface area contributed by atoms with Gasteiger partial charge in [-0.3, -0.25) is 9.78 Å². The van der Waals surface area contributed by atoms with Crippen molar-refractivity contribution in [2.45, 2.75) is 5.41 Å². The lowest BCUT2D eigenvalue weighted by Gasteiger charge is -2.36. The van der Waals surface area contributed by atoms with Crippen molar-refractivity contribution in [1.82, 2.24) is 15.0 Å². The first-order chi connectivity index (χ1) is 9.26. The summed E-state index contributed by atoms with van der Waals surface area (Å²) in [7, 11) is 1.37. The van der Waals surface area contributed by atoms with Crippen molar-refractivity contribution >= 4 is 5.97 Å². The molecule has 1 saturated heterocycles. The van der Waals surface area contributed by atoms with Crippen LogP contribution in [0.25, 0.3) is 11.3 Å². The fraction of sp³-hybridized carbons (Fsp3) is 0.308. The van der Waals surface area contributed by atoms with Gasteiger partial charge in [-0.05, 0) is 12.1 Å². The van der Waals surface area contributed by atoms with E-state index in [9.17, 15) is 4.79 Å². The molecule has 0 spiro atoms. The van der Waals surface area contributed by atoms with Gasteiger partial charge in [0.05, 0.1) is 32.2 Å². The predicted molar refractivity (Wildman–Crippen MR) is 66.3 cm³/mol. The number of imidazole rings is 1. The Morgan fingerprint density at radius 3 is 2.74 bits per heavy atom. The fourth-order valence-electron chi connectivity index (χ4n) is 2.10. The maximum atomic E-state index is 11.9. The third-order valence-corrected chi connectivity index (χ3v) is 3.29. The van der Waals surface area contributed by atoms with Gasteiger partial charge < -0.3 is 14.5 Å². The van der Waals surface area contributed by atoms with Crippen molar-refractivity contribution in [3.8, 4) is 11.3 Å². The molecule has 3 heterocycles. The molecule has 1 fully saturated rings. The van der Waals surface area contributed by atoms with E-state index in [-0.39, 0.29) is 5.97 Å². The quantitative estimate of drug-likeness (QED) is 0.829. The van der Waals surface area contributed by atoms with Crippen molar-refractivity contribution in [3.63, 3.8) is 0 Å². The molecule has 1 aliphatic rings. The molecule has 0 unspecified atom stereocenters. The molecule has 19 heavy (non-hydrogen) atoms. The van der Waals surface area contributed by atoms with E-state index in [4.69, 9.17) is 9.47 Å². The highest BCUT2D eigenvalue weighted by molar-refractivity contribution is 5.83. The Bertz CT molecular complexity index is 590. The Morgan fingerprint density at radius 2 is 2.16 bits per heavy atom. The highest BCUT2D eigenvalue weighted by atomic mass is 16.5. The van der Waals surface area contributed by atoms with Crippen molar-refractivity contribution in [3.05, 3.63) is 36.5 Å². The second kappa shape index (κ2) is 4.47. The molecule has 3 rings (SSSR count). The summed E-state index contributed by atoms with van der Waals surface area (Å²) in [5.41, 5.74) is 1.02. The number of carbonyl (C=O) groups is 1. The van der Waals surface area contributed by atoms with Gasteiger partial charge >= 0.3 is 5.97 Å². The summed E-state index contributed by atoms with van der Waals surface area (Å²) in [5, 5.41) is 0. The van der Waals surface area contributed by atoms with E-state index < -0.39 is 5.41 Å². The van der Waals surface area contributed by atoms with Crippen molar-refractivity contribution in [1.29, 1.82) is 0 Å². The molecular formula is C13H13N3O3. The summed E-state index contributed by atoms with van der Waals surface area (Å²) in [6.45, 7) is 0.589. The molecule has 0 amide bonds. The number of esters is 1. The van der Waals surface area contributed by atoms with Crippen LogP contribution in [-0.4, -0.2) is 41.2 Å². The topological polar surface area (TPSA) is 77.1 Å². The number of nitrogens with one attached hydrogen (secondary N) is 1. The number of hydrogen-bond acceptors (Lipinski definition) is 5. The molecule has 98 valence electrons. The molecule has 0 atom stereocenters. The number of pyridine rings is 1. The van der Waals surface area contributed by atoms with Crippen LogP contribution in [0.3, 0.4) is 0 Å². The highest BCUT2D eigenvalue weighted by Crippen LogP contribution is 2.32. The van der Waals surface area contributed by atoms with E-state index >= 15 is 0 Å². The summed E-state index contributed by atoms with van der Waals surface area (Å²) >= 11 is 0. The molecule has 2 aromatic rings. The van der Waals surface area contributed by atoms with Crippen LogP contribution in [0.2, 0.25) is 0 Å². The minimum Gasteiger partial charge on any atom is -0.468 e. The third kappa shape index (κ3) is 1.80. The molecule has 0 radical (unpaired) electrons. The number of nitrogens with zero attached hydrogens (tertiary/aromatic N) is 2. The van der Waals surface area contributed by atoms with Crippen LogP contribution in [-0.2, 0) is 19.7 Å². The maximum absolute atomic E-state index is 11.9. The first-order valence-corrected chi connectivity index (χ1v) is 5.88. The number of hydrogen-bond donors (Lipinski definition) is 1. The van der Waals surface area contributed by atoms with E-state index in [0.29, 0.717) is 19.0 Å². The van der Waals surface area contributed by atoms with Crippen LogP contribution in [0.15, 0.2) is 30.7 Å². The van der Waals surface area contributed by atoms with Crippen LogP contribution >= 0.6 is 0 Å². The van der Waals surface area contributed by atoms with Gasteiger partial charge in [0.15, 0.2) is 5.41 Å². The van der Waals surface area contributed by atoms with Gasteiger partial charge in [0.25, 0.3) is 0 Å². The number of H-pyrrole nitrogens is 1. The Labute approximate surface area is 109 Å². The lowest BCUT2D eigenvalue weighted by atomic mass is 9.85. The zero-order chi connectivity index (χ0) is 13.3. The van der Waals surface area contributed by atoms with E-state index in [1.54, 1.807) is 18.6 Å². The van der Waals surface area contributed by atoms with E-state index in [1.165, 1.54) is 7.11 Å². The van der Waals surface area contributed by atoms with E-state index in [2.05, 4.69) is 15.0 Å². The van der Waals surface area contributed by atoms with Crippen LogP contribution in [0.5, 0.6) is 0 Å². The Hall–Kier alpha value is -2.21. The Kier molecular flexibility index (Phi) is 2.79. The number of methoxy groups -OCH3 is 1. The van der Waals surface area contributed by atoms with Gasteiger partial charge in [-0.25, -0.2) is 4.98 Å². The van der Waals surface area contributed by atoms with Crippen LogP contribution in [0.1, 0.15) is 5.82 Å². The number of ether oxygens (including phenoxy) is 2. The number of aromatic nitrogens is 3. The lowest BCUT2D eigenvalue weighted by Crippen LogP contribution is -2.54. The molecule has 6 nitrogen and oxygen atoms in total. The third-order valence-electron chi connectivity index (χ3n) is 3.29. The summed E-state index contributed by atoms with van der Waals surface area (Å²) in [5.74, 6) is 0.256. The number of carbonyl (C=O) groups excluding carboxylic acids is 1. The molecule has 0 aromatic carbocycles. The first-order valence-electron chi connectivity index (χ1n) is 5.88. The Morgan fingerprint density at radius 1 is 1.42 bits per heavy atom.